The molecule has 1 amide bonds. The zero-order chi connectivity index (χ0) is 18.5. The van der Waals surface area contributed by atoms with E-state index in [1.807, 2.05) is 41.3 Å². The molecule has 2 aromatic carbocycles. The minimum absolute atomic E-state index is 0.00569. The maximum Gasteiger partial charge on any atom is 0.289 e. The Bertz CT molecular complexity index is 907. The predicted octanol–water partition coefficient (Wildman–Crippen LogP) is 5.42. The van der Waals surface area contributed by atoms with Crippen molar-refractivity contribution in [1.29, 1.82) is 0 Å². The van der Waals surface area contributed by atoms with E-state index in [1.165, 1.54) is 24.6 Å². The summed E-state index contributed by atoms with van der Waals surface area (Å²) in [5.41, 5.74) is 0. The van der Waals surface area contributed by atoms with Gasteiger partial charge in [-0.25, -0.2) is 0 Å². The molecule has 4 heteroatoms. The molecule has 0 unspecified atom stereocenters. The number of hydrogen-bond acceptors (Lipinski definition) is 3. The number of rotatable bonds is 4. The van der Waals surface area contributed by atoms with Crippen LogP contribution in [0.15, 0.2) is 59.0 Å². The van der Waals surface area contributed by atoms with Crippen LogP contribution in [0.3, 0.4) is 0 Å². The molecule has 0 aliphatic carbocycles. The number of fused-ring (bicyclic) bond motifs is 1. The van der Waals surface area contributed by atoms with Gasteiger partial charge in [0.15, 0.2) is 5.76 Å². The number of likely N-dealkylation sites (tertiary alicyclic amines) is 1. The van der Waals surface area contributed by atoms with Crippen molar-refractivity contribution in [3.8, 4) is 5.75 Å². The third kappa shape index (κ3) is 4.33. The lowest BCUT2D eigenvalue weighted by molar-refractivity contribution is 0.0706. The zero-order valence-corrected chi connectivity index (χ0v) is 15.5. The first kappa shape index (κ1) is 17.7. The number of carbonyl (C=O) groups excluding carboxylic acids is 1. The quantitative estimate of drug-likeness (QED) is 0.622. The summed E-state index contributed by atoms with van der Waals surface area (Å²) in [6.45, 7) is 1.95. The Labute approximate surface area is 159 Å². The first-order valence-corrected chi connectivity index (χ1v) is 9.79. The molecule has 4 rings (SSSR count). The monoisotopic (exact) mass is 363 g/mol. The summed E-state index contributed by atoms with van der Waals surface area (Å²) < 4.78 is 11.6. The molecule has 0 radical (unpaired) electrons. The normalized spacial score (nSPS) is 15.3. The van der Waals surface area contributed by atoms with Gasteiger partial charge in [0.1, 0.15) is 18.1 Å². The van der Waals surface area contributed by atoms with Crippen molar-refractivity contribution in [1.82, 2.24) is 4.90 Å². The van der Waals surface area contributed by atoms with E-state index in [9.17, 15) is 4.79 Å². The average molecular weight is 363 g/mol. The summed E-state index contributed by atoms with van der Waals surface area (Å²) >= 11 is 0. The highest BCUT2D eigenvalue weighted by Crippen LogP contribution is 2.22. The van der Waals surface area contributed by atoms with Crippen LogP contribution < -0.4 is 4.74 Å². The molecule has 1 aliphatic rings. The summed E-state index contributed by atoms with van der Waals surface area (Å²) in [4.78, 5) is 14.6. The van der Waals surface area contributed by atoms with E-state index < -0.39 is 0 Å². The molecule has 0 saturated carbocycles. The molecule has 1 aliphatic heterocycles. The van der Waals surface area contributed by atoms with Gasteiger partial charge in [-0.15, -0.1) is 0 Å². The average Bonchev–Trinajstić information content (AvgIpc) is 3.14. The molecule has 4 nitrogen and oxygen atoms in total. The lowest BCUT2D eigenvalue weighted by Gasteiger charge is -2.23. The van der Waals surface area contributed by atoms with Crippen molar-refractivity contribution in [2.24, 2.45) is 0 Å². The molecule has 1 fully saturated rings. The van der Waals surface area contributed by atoms with Crippen molar-refractivity contribution >= 4 is 16.7 Å². The first-order chi connectivity index (χ1) is 13.3. The fourth-order valence-corrected chi connectivity index (χ4v) is 3.59. The Morgan fingerprint density at radius 2 is 1.63 bits per heavy atom. The van der Waals surface area contributed by atoms with Gasteiger partial charge in [0.05, 0.1) is 0 Å². The lowest BCUT2D eigenvalue weighted by atomic mass is 10.1. The number of ether oxygens (including phenoxy) is 1. The maximum absolute atomic E-state index is 12.7. The van der Waals surface area contributed by atoms with Gasteiger partial charge in [-0.3, -0.25) is 4.79 Å². The van der Waals surface area contributed by atoms with Crippen molar-refractivity contribution in [2.45, 2.75) is 38.7 Å². The van der Waals surface area contributed by atoms with E-state index in [1.54, 1.807) is 6.07 Å². The van der Waals surface area contributed by atoms with Gasteiger partial charge in [-0.05, 0) is 47.9 Å². The van der Waals surface area contributed by atoms with Gasteiger partial charge in [-0.2, -0.15) is 0 Å². The van der Waals surface area contributed by atoms with Crippen LogP contribution in [-0.4, -0.2) is 23.9 Å². The third-order valence-electron chi connectivity index (χ3n) is 5.12. The summed E-state index contributed by atoms with van der Waals surface area (Å²) in [7, 11) is 0. The van der Waals surface area contributed by atoms with Gasteiger partial charge in [0.2, 0.25) is 0 Å². The Morgan fingerprint density at radius 3 is 2.44 bits per heavy atom. The molecule has 140 valence electrons. The molecule has 0 bridgehead atoms. The Hall–Kier alpha value is -2.75. The molecular weight excluding hydrogens is 338 g/mol. The molecule has 1 aromatic heterocycles. The van der Waals surface area contributed by atoms with E-state index in [-0.39, 0.29) is 5.91 Å². The Morgan fingerprint density at radius 1 is 0.889 bits per heavy atom. The number of hydrogen-bond donors (Lipinski definition) is 0. The SMILES string of the molecule is O=C(c1ccc(COc2ccc3ccccc3c2)o1)N1CCCCCCC1. The van der Waals surface area contributed by atoms with Crippen molar-refractivity contribution in [3.63, 3.8) is 0 Å². The topological polar surface area (TPSA) is 42.7 Å². The van der Waals surface area contributed by atoms with Crippen LogP contribution in [0.25, 0.3) is 10.8 Å². The summed E-state index contributed by atoms with van der Waals surface area (Å²) in [5, 5.41) is 2.33. The fraction of sp³-hybridized carbons (Fsp3) is 0.348. The Balaban J connectivity index is 1.38. The van der Waals surface area contributed by atoms with Gasteiger partial charge in [0, 0.05) is 13.1 Å². The lowest BCUT2D eigenvalue weighted by Crippen LogP contribution is -2.33. The number of furan rings is 1. The molecule has 0 atom stereocenters. The number of nitrogens with zero attached hydrogens (tertiary/aromatic N) is 1. The summed E-state index contributed by atoms with van der Waals surface area (Å²) in [5.74, 6) is 1.86. The van der Waals surface area contributed by atoms with Crippen LogP contribution in [-0.2, 0) is 6.61 Å². The Kier molecular flexibility index (Phi) is 5.42. The molecular formula is C23H25NO3. The fourth-order valence-electron chi connectivity index (χ4n) is 3.59. The smallest absolute Gasteiger partial charge is 0.289 e. The predicted molar refractivity (Wildman–Crippen MR) is 106 cm³/mol. The van der Waals surface area contributed by atoms with Crippen LogP contribution in [0, 0.1) is 0 Å². The molecule has 0 spiro atoms. The van der Waals surface area contributed by atoms with E-state index in [4.69, 9.17) is 9.15 Å². The van der Waals surface area contributed by atoms with Gasteiger partial charge in [0.25, 0.3) is 5.91 Å². The highest BCUT2D eigenvalue weighted by atomic mass is 16.5. The zero-order valence-electron chi connectivity index (χ0n) is 15.5. The minimum Gasteiger partial charge on any atom is -0.486 e. The van der Waals surface area contributed by atoms with Crippen molar-refractivity contribution < 1.29 is 13.9 Å². The molecule has 3 aromatic rings. The maximum atomic E-state index is 12.7. The highest BCUT2D eigenvalue weighted by molar-refractivity contribution is 5.91. The van der Waals surface area contributed by atoms with Crippen molar-refractivity contribution in [3.05, 3.63) is 66.1 Å². The van der Waals surface area contributed by atoms with Crippen LogP contribution in [0.2, 0.25) is 0 Å². The first-order valence-electron chi connectivity index (χ1n) is 9.79. The van der Waals surface area contributed by atoms with Crippen LogP contribution in [0.4, 0.5) is 0 Å². The largest absolute Gasteiger partial charge is 0.486 e. The highest BCUT2D eigenvalue weighted by Gasteiger charge is 2.20. The van der Waals surface area contributed by atoms with E-state index in [0.29, 0.717) is 18.1 Å². The van der Waals surface area contributed by atoms with Crippen LogP contribution in [0.1, 0.15) is 48.4 Å². The standard InChI is InChI=1S/C23H25NO3/c25-23(24-14-6-2-1-3-7-15-24)22-13-12-21(27-22)17-26-20-11-10-18-8-4-5-9-19(18)16-20/h4-5,8-13,16H,1-3,6-7,14-15,17H2. The summed E-state index contributed by atoms with van der Waals surface area (Å²) in [6, 6.07) is 17.8. The number of benzene rings is 2. The second-order valence-electron chi connectivity index (χ2n) is 7.12. The molecule has 27 heavy (non-hydrogen) atoms. The van der Waals surface area contributed by atoms with Crippen LogP contribution >= 0.6 is 0 Å². The number of amides is 1. The van der Waals surface area contributed by atoms with Crippen LogP contribution in [0.5, 0.6) is 5.75 Å². The third-order valence-corrected chi connectivity index (χ3v) is 5.12. The van der Waals surface area contributed by atoms with Gasteiger partial charge >= 0.3 is 0 Å². The second kappa shape index (κ2) is 8.30. The number of carbonyl (C=O) groups is 1. The minimum atomic E-state index is -0.00569. The molecule has 1 saturated heterocycles. The molecule has 0 N–H and O–H groups in total. The van der Waals surface area contributed by atoms with Crippen molar-refractivity contribution in [2.75, 3.05) is 13.1 Å². The van der Waals surface area contributed by atoms with E-state index in [0.717, 1.165) is 37.1 Å². The molecule has 2 heterocycles. The summed E-state index contributed by atoms with van der Waals surface area (Å²) in [6.07, 6.45) is 5.83. The van der Waals surface area contributed by atoms with Gasteiger partial charge < -0.3 is 14.1 Å². The van der Waals surface area contributed by atoms with E-state index in [2.05, 4.69) is 12.1 Å². The van der Waals surface area contributed by atoms with E-state index >= 15 is 0 Å². The van der Waals surface area contributed by atoms with Gasteiger partial charge in [-0.1, -0.05) is 49.6 Å². The second-order valence-corrected chi connectivity index (χ2v) is 7.12.